The minimum absolute atomic E-state index is 0.121. The summed E-state index contributed by atoms with van der Waals surface area (Å²) in [7, 11) is 0. The molecule has 0 radical (unpaired) electrons. The van der Waals surface area contributed by atoms with E-state index in [4.69, 9.17) is 21.1 Å². The molecule has 1 aliphatic rings. The number of aliphatic hydroxyl groups is 1. The van der Waals surface area contributed by atoms with Crippen molar-refractivity contribution in [3.63, 3.8) is 0 Å². The van der Waals surface area contributed by atoms with Gasteiger partial charge in [0, 0.05) is 11.8 Å². The Balaban J connectivity index is 1.33. The lowest BCUT2D eigenvalue weighted by Crippen LogP contribution is -2.32. The van der Waals surface area contributed by atoms with E-state index in [1.54, 1.807) is 16.8 Å². The molecule has 39 heavy (non-hydrogen) atoms. The molecular weight excluding hydrogens is 523 g/mol. The molecule has 1 aromatic carbocycles. The Morgan fingerprint density at radius 2 is 1.97 bits per heavy atom. The Labute approximate surface area is 228 Å². The van der Waals surface area contributed by atoms with Crippen LogP contribution in [0.1, 0.15) is 41.9 Å². The first-order chi connectivity index (χ1) is 19.0. The SMILES string of the molecule is Cc1c(-c2cc(O[C@@H](COCc3ccccc3)c3ccc(F)cn3)c3c(Cl)cnn3c2)nnn1C1CC(O)C1. The Morgan fingerprint density at radius 1 is 1.15 bits per heavy atom. The molecule has 0 bridgehead atoms. The molecule has 4 heterocycles. The van der Waals surface area contributed by atoms with Gasteiger partial charge in [-0.25, -0.2) is 13.6 Å². The summed E-state index contributed by atoms with van der Waals surface area (Å²) in [6.07, 6.45) is 4.87. The van der Waals surface area contributed by atoms with Crippen LogP contribution in [-0.2, 0) is 11.3 Å². The van der Waals surface area contributed by atoms with Crippen LogP contribution in [0.2, 0.25) is 5.02 Å². The highest BCUT2D eigenvalue weighted by molar-refractivity contribution is 6.34. The van der Waals surface area contributed by atoms with Gasteiger partial charge < -0.3 is 14.6 Å². The second-order valence-electron chi connectivity index (χ2n) is 9.63. The number of fused-ring (bicyclic) bond motifs is 1. The van der Waals surface area contributed by atoms with Gasteiger partial charge in [-0.1, -0.05) is 47.1 Å². The van der Waals surface area contributed by atoms with Gasteiger partial charge in [0.2, 0.25) is 0 Å². The molecule has 6 rings (SSSR count). The number of hydrogen-bond acceptors (Lipinski definition) is 7. The van der Waals surface area contributed by atoms with Crippen LogP contribution in [-0.4, -0.2) is 47.4 Å². The predicted octanol–water partition coefficient (Wildman–Crippen LogP) is 5.12. The van der Waals surface area contributed by atoms with Gasteiger partial charge in [0.05, 0.1) is 54.2 Å². The molecule has 11 heteroatoms. The second kappa shape index (κ2) is 10.7. The van der Waals surface area contributed by atoms with E-state index in [9.17, 15) is 9.50 Å². The lowest BCUT2D eigenvalue weighted by Gasteiger charge is -2.31. The fourth-order valence-electron chi connectivity index (χ4n) is 4.75. The van der Waals surface area contributed by atoms with Crippen molar-refractivity contribution in [2.75, 3.05) is 6.61 Å². The summed E-state index contributed by atoms with van der Waals surface area (Å²) < 4.78 is 29.6. The van der Waals surface area contributed by atoms with Crippen molar-refractivity contribution in [2.24, 2.45) is 0 Å². The number of aromatic nitrogens is 6. The van der Waals surface area contributed by atoms with E-state index in [2.05, 4.69) is 20.4 Å². The van der Waals surface area contributed by atoms with Crippen LogP contribution < -0.4 is 4.74 Å². The Morgan fingerprint density at radius 3 is 2.72 bits per heavy atom. The van der Waals surface area contributed by atoms with Crippen molar-refractivity contribution in [1.82, 2.24) is 29.6 Å². The van der Waals surface area contributed by atoms with E-state index < -0.39 is 11.9 Å². The van der Waals surface area contributed by atoms with Gasteiger partial charge >= 0.3 is 0 Å². The first-order valence-corrected chi connectivity index (χ1v) is 13.0. The number of hydrogen-bond donors (Lipinski definition) is 1. The fraction of sp³-hybridized carbons (Fsp3) is 0.286. The van der Waals surface area contributed by atoms with Crippen LogP contribution in [0.4, 0.5) is 4.39 Å². The number of aliphatic hydroxyl groups excluding tert-OH is 1. The zero-order chi connectivity index (χ0) is 26.9. The van der Waals surface area contributed by atoms with Crippen LogP contribution in [0.3, 0.4) is 0 Å². The number of rotatable bonds is 9. The average molecular weight is 549 g/mol. The number of halogens is 2. The number of ether oxygens (including phenoxy) is 2. The molecule has 1 N–H and O–H groups in total. The van der Waals surface area contributed by atoms with Crippen molar-refractivity contribution in [1.29, 1.82) is 0 Å². The van der Waals surface area contributed by atoms with Crippen molar-refractivity contribution in [3.05, 3.63) is 94.9 Å². The van der Waals surface area contributed by atoms with Gasteiger partial charge in [0.1, 0.15) is 22.8 Å². The summed E-state index contributed by atoms with van der Waals surface area (Å²) in [4.78, 5) is 4.25. The van der Waals surface area contributed by atoms with Gasteiger partial charge in [-0.2, -0.15) is 5.10 Å². The normalized spacial score (nSPS) is 17.7. The fourth-order valence-corrected chi connectivity index (χ4v) is 4.97. The van der Waals surface area contributed by atoms with Crippen LogP contribution in [0.25, 0.3) is 16.8 Å². The molecule has 5 aromatic rings. The lowest BCUT2D eigenvalue weighted by molar-refractivity contribution is 0.0391. The molecule has 0 saturated heterocycles. The van der Waals surface area contributed by atoms with E-state index in [0.29, 0.717) is 47.1 Å². The zero-order valence-corrected chi connectivity index (χ0v) is 21.9. The standard InChI is InChI=1S/C28H26ClFN6O3/c1-17-27(33-34-36(17)21-10-22(37)11-21)19-9-25(28-23(29)13-32-35(28)14-19)39-26(24-8-7-20(30)12-31-24)16-38-15-18-5-3-2-4-6-18/h2-9,12-14,21-22,26,37H,10-11,15-16H2,1H3/t21?,22?,26-/m0/s1. The van der Waals surface area contributed by atoms with Gasteiger partial charge in [-0.3, -0.25) is 4.98 Å². The minimum atomic E-state index is -0.660. The zero-order valence-electron chi connectivity index (χ0n) is 21.1. The summed E-state index contributed by atoms with van der Waals surface area (Å²) in [5.74, 6) is 0.00548. The number of pyridine rings is 2. The third kappa shape index (κ3) is 5.23. The van der Waals surface area contributed by atoms with Gasteiger partial charge in [-0.05, 0) is 43.5 Å². The van der Waals surface area contributed by atoms with Crippen molar-refractivity contribution < 1.29 is 19.0 Å². The lowest BCUT2D eigenvalue weighted by atomic mass is 9.89. The highest BCUT2D eigenvalue weighted by Crippen LogP contribution is 2.37. The summed E-state index contributed by atoms with van der Waals surface area (Å²) >= 11 is 6.51. The first-order valence-electron chi connectivity index (χ1n) is 12.6. The van der Waals surface area contributed by atoms with Crippen LogP contribution in [0, 0.1) is 12.7 Å². The Hall–Kier alpha value is -3.86. The second-order valence-corrected chi connectivity index (χ2v) is 10.0. The topological polar surface area (TPSA) is 99.6 Å². The Bertz CT molecular complexity index is 1580. The molecule has 1 saturated carbocycles. The molecule has 4 aromatic heterocycles. The largest absolute Gasteiger partial charge is 0.479 e. The quantitative estimate of drug-likeness (QED) is 0.273. The molecule has 1 atom stereocenters. The van der Waals surface area contributed by atoms with E-state index in [1.165, 1.54) is 6.07 Å². The van der Waals surface area contributed by atoms with Gasteiger partial charge in [0.15, 0.2) is 6.10 Å². The molecule has 1 fully saturated rings. The summed E-state index contributed by atoms with van der Waals surface area (Å²) in [5.41, 5.74) is 4.38. The molecule has 0 unspecified atom stereocenters. The third-order valence-corrected chi connectivity index (χ3v) is 7.17. The maximum Gasteiger partial charge on any atom is 0.164 e. The smallest absolute Gasteiger partial charge is 0.164 e. The first kappa shape index (κ1) is 25.4. The highest BCUT2D eigenvalue weighted by atomic mass is 35.5. The van der Waals surface area contributed by atoms with Crippen LogP contribution >= 0.6 is 11.6 Å². The van der Waals surface area contributed by atoms with Crippen molar-refractivity contribution >= 4 is 17.1 Å². The maximum absolute atomic E-state index is 13.7. The van der Waals surface area contributed by atoms with E-state index in [0.717, 1.165) is 23.0 Å². The molecule has 200 valence electrons. The summed E-state index contributed by atoms with van der Waals surface area (Å²) in [6.45, 7) is 2.49. The van der Waals surface area contributed by atoms with E-state index >= 15 is 0 Å². The molecular formula is C28H26ClFN6O3. The maximum atomic E-state index is 13.7. The minimum Gasteiger partial charge on any atom is -0.479 e. The molecule has 0 amide bonds. The van der Waals surface area contributed by atoms with E-state index in [1.807, 2.05) is 54.2 Å². The van der Waals surface area contributed by atoms with Crippen molar-refractivity contribution in [3.8, 4) is 17.0 Å². The number of nitrogens with zero attached hydrogens (tertiary/aromatic N) is 6. The van der Waals surface area contributed by atoms with Crippen LogP contribution in [0.5, 0.6) is 5.75 Å². The van der Waals surface area contributed by atoms with Crippen LogP contribution in [0.15, 0.2) is 67.1 Å². The highest BCUT2D eigenvalue weighted by Gasteiger charge is 2.31. The Kier molecular flexibility index (Phi) is 6.99. The van der Waals surface area contributed by atoms with E-state index in [-0.39, 0.29) is 18.8 Å². The summed E-state index contributed by atoms with van der Waals surface area (Å²) in [6, 6.07) is 14.7. The monoisotopic (exact) mass is 548 g/mol. The third-order valence-electron chi connectivity index (χ3n) is 6.90. The molecule has 0 aliphatic heterocycles. The average Bonchev–Trinajstić information content (AvgIpc) is 3.49. The van der Waals surface area contributed by atoms with Crippen molar-refractivity contribution in [2.45, 2.75) is 44.6 Å². The number of benzene rings is 1. The van der Waals surface area contributed by atoms with Gasteiger partial charge in [-0.15, -0.1) is 5.10 Å². The summed E-state index contributed by atoms with van der Waals surface area (Å²) in [5, 5.41) is 23.3. The molecule has 1 aliphatic carbocycles. The predicted molar refractivity (Wildman–Crippen MR) is 142 cm³/mol. The molecule has 0 spiro atoms. The van der Waals surface area contributed by atoms with Gasteiger partial charge in [0.25, 0.3) is 0 Å². The molecule has 9 nitrogen and oxygen atoms in total.